The molecule has 1 aliphatic rings. The van der Waals surface area contributed by atoms with E-state index in [1.54, 1.807) is 11.3 Å². The van der Waals surface area contributed by atoms with E-state index in [1.165, 1.54) is 17.7 Å². The van der Waals surface area contributed by atoms with E-state index >= 15 is 0 Å². The zero-order valence-corrected chi connectivity index (χ0v) is 12.8. The summed E-state index contributed by atoms with van der Waals surface area (Å²) in [5.74, 6) is 0.285. The van der Waals surface area contributed by atoms with Crippen molar-refractivity contribution in [1.29, 1.82) is 0 Å². The Bertz CT molecular complexity index is 383. The Hall–Kier alpha value is -0.870. The maximum atomic E-state index is 12.3. The van der Waals surface area contributed by atoms with Crippen LogP contribution in [0.2, 0.25) is 0 Å². The summed E-state index contributed by atoms with van der Waals surface area (Å²) in [6.07, 6.45) is 4.86. The van der Waals surface area contributed by atoms with Crippen LogP contribution in [-0.4, -0.2) is 42.4 Å². The third-order valence-corrected chi connectivity index (χ3v) is 5.00. The fourth-order valence-corrected chi connectivity index (χ4v) is 3.36. The Labute approximate surface area is 120 Å². The summed E-state index contributed by atoms with van der Waals surface area (Å²) in [4.78, 5) is 17.8. The van der Waals surface area contributed by atoms with Gasteiger partial charge in [0.1, 0.15) is 0 Å². The highest BCUT2D eigenvalue weighted by molar-refractivity contribution is 7.10. The lowest BCUT2D eigenvalue weighted by Crippen LogP contribution is -2.40. The Balaban J connectivity index is 1.87. The van der Waals surface area contributed by atoms with Crippen molar-refractivity contribution >= 4 is 17.2 Å². The van der Waals surface area contributed by atoms with Gasteiger partial charge in [-0.05, 0) is 38.3 Å². The standard InChI is InChI=1S/C15H24N2OS/c1-13(14-8-7-11-19-14)16(2)12-15(18)17-9-5-3-4-6-10-17/h7-8,11,13H,3-6,9-10,12H2,1-2H3. The monoisotopic (exact) mass is 280 g/mol. The smallest absolute Gasteiger partial charge is 0.236 e. The summed E-state index contributed by atoms with van der Waals surface area (Å²) in [5.41, 5.74) is 0. The number of hydrogen-bond donors (Lipinski definition) is 0. The van der Waals surface area contributed by atoms with Crippen LogP contribution in [0, 0.1) is 0 Å². The summed E-state index contributed by atoms with van der Waals surface area (Å²) in [7, 11) is 2.04. The van der Waals surface area contributed by atoms with Crippen LogP contribution in [0.5, 0.6) is 0 Å². The van der Waals surface area contributed by atoms with Crippen LogP contribution in [0.4, 0.5) is 0 Å². The van der Waals surface area contributed by atoms with Gasteiger partial charge in [-0.1, -0.05) is 18.9 Å². The lowest BCUT2D eigenvalue weighted by Gasteiger charge is -2.27. The van der Waals surface area contributed by atoms with Crippen molar-refractivity contribution in [3.05, 3.63) is 22.4 Å². The molecule has 0 bridgehead atoms. The molecule has 1 amide bonds. The molecular formula is C15H24N2OS. The van der Waals surface area contributed by atoms with Crippen molar-refractivity contribution in [1.82, 2.24) is 9.80 Å². The van der Waals surface area contributed by atoms with Gasteiger partial charge in [-0.2, -0.15) is 0 Å². The molecule has 1 aromatic rings. The highest BCUT2D eigenvalue weighted by Gasteiger charge is 2.20. The van der Waals surface area contributed by atoms with Crippen LogP contribution in [0.3, 0.4) is 0 Å². The second-order valence-corrected chi connectivity index (χ2v) is 6.38. The molecule has 106 valence electrons. The molecule has 4 heteroatoms. The molecule has 3 nitrogen and oxygen atoms in total. The molecule has 1 aromatic heterocycles. The number of carbonyl (C=O) groups excluding carboxylic acids is 1. The van der Waals surface area contributed by atoms with E-state index in [9.17, 15) is 4.79 Å². The second-order valence-electron chi connectivity index (χ2n) is 5.40. The molecule has 1 atom stereocenters. The molecule has 0 N–H and O–H groups in total. The molecule has 1 aliphatic heterocycles. The number of amides is 1. The number of carbonyl (C=O) groups is 1. The second kappa shape index (κ2) is 7.06. The number of likely N-dealkylation sites (tertiary alicyclic amines) is 1. The summed E-state index contributed by atoms with van der Waals surface area (Å²) < 4.78 is 0. The third-order valence-electron chi connectivity index (χ3n) is 3.96. The number of thiophene rings is 1. The first-order chi connectivity index (χ1) is 9.18. The fraction of sp³-hybridized carbons (Fsp3) is 0.667. The summed E-state index contributed by atoms with van der Waals surface area (Å²) in [5, 5.41) is 2.09. The van der Waals surface area contributed by atoms with E-state index in [-0.39, 0.29) is 5.91 Å². The van der Waals surface area contributed by atoms with Gasteiger partial charge in [-0.15, -0.1) is 11.3 Å². The van der Waals surface area contributed by atoms with Crippen molar-refractivity contribution in [2.45, 2.75) is 38.6 Å². The number of likely N-dealkylation sites (N-methyl/N-ethyl adjacent to an activating group) is 1. The summed E-state index contributed by atoms with van der Waals surface area (Å²) in [6, 6.07) is 4.53. The first-order valence-corrected chi connectivity index (χ1v) is 8.08. The summed E-state index contributed by atoms with van der Waals surface area (Å²) >= 11 is 1.76. The number of rotatable bonds is 4. The molecule has 1 unspecified atom stereocenters. The van der Waals surface area contributed by atoms with Gasteiger partial charge < -0.3 is 4.90 Å². The van der Waals surface area contributed by atoms with Gasteiger partial charge >= 0.3 is 0 Å². The molecule has 1 saturated heterocycles. The van der Waals surface area contributed by atoms with Crippen LogP contribution in [0.25, 0.3) is 0 Å². The minimum Gasteiger partial charge on any atom is -0.342 e. The van der Waals surface area contributed by atoms with Gasteiger partial charge in [-0.3, -0.25) is 9.69 Å². The number of hydrogen-bond acceptors (Lipinski definition) is 3. The van der Waals surface area contributed by atoms with Gasteiger partial charge in [-0.25, -0.2) is 0 Å². The fourth-order valence-electron chi connectivity index (χ4n) is 2.52. The lowest BCUT2D eigenvalue weighted by molar-refractivity contribution is -0.132. The molecule has 1 fully saturated rings. The highest BCUT2D eigenvalue weighted by Crippen LogP contribution is 2.23. The van der Waals surface area contributed by atoms with Crippen molar-refractivity contribution in [2.24, 2.45) is 0 Å². The van der Waals surface area contributed by atoms with E-state index in [0.717, 1.165) is 25.9 Å². The number of nitrogens with zero attached hydrogens (tertiary/aromatic N) is 2. The Morgan fingerprint density at radius 3 is 2.63 bits per heavy atom. The Morgan fingerprint density at radius 1 is 1.37 bits per heavy atom. The molecular weight excluding hydrogens is 256 g/mol. The zero-order valence-electron chi connectivity index (χ0n) is 12.0. The summed E-state index contributed by atoms with van der Waals surface area (Å²) in [6.45, 7) is 4.58. The third kappa shape index (κ3) is 4.05. The maximum Gasteiger partial charge on any atom is 0.236 e. The van der Waals surface area contributed by atoms with Crippen LogP contribution in [0.15, 0.2) is 17.5 Å². The Morgan fingerprint density at radius 2 is 2.05 bits per heavy atom. The van der Waals surface area contributed by atoms with Crippen molar-refractivity contribution in [2.75, 3.05) is 26.7 Å². The van der Waals surface area contributed by atoms with E-state index < -0.39 is 0 Å². The van der Waals surface area contributed by atoms with Gasteiger partial charge in [0.25, 0.3) is 0 Å². The van der Waals surface area contributed by atoms with Crippen LogP contribution < -0.4 is 0 Å². The van der Waals surface area contributed by atoms with Gasteiger partial charge in [0.2, 0.25) is 5.91 Å². The van der Waals surface area contributed by atoms with Gasteiger partial charge in [0.05, 0.1) is 6.54 Å². The van der Waals surface area contributed by atoms with Crippen molar-refractivity contribution < 1.29 is 4.79 Å². The van der Waals surface area contributed by atoms with E-state index in [0.29, 0.717) is 12.6 Å². The average Bonchev–Trinajstić information content (AvgIpc) is 2.79. The van der Waals surface area contributed by atoms with Crippen molar-refractivity contribution in [3.63, 3.8) is 0 Å². The van der Waals surface area contributed by atoms with Crippen LogP contribution >= 0.6 is 11.3 Å². The SMILES string of the molecule is CC(c1cccs1)N(C)CC(=O)N1CCCCCC1. The molecule has 2 rings (SSSR count). The van der Waals surface area contributed by atoms with Crippen LogP contribution in [0.1, 0.15) is 43.5 Å². The van der Waals surface area contributed by atoms with E-state index in [2.05, 4.69) is 29.3 Å². The zero-order chi connectivity index (χ0) is 13.7. The predicted molar refractivity (Wildman–Crippen MR) is 80.4 cm³/mol. The molecule has 0 aromatic carbocycles. The molecule has 0 saturated carbocycles. The van der Waals surface area contributed by atoms with Gasteiger partial charge in [0, 0.05) is 24.0 Å². The molecule has 0 aliphatic carbocycles. The topological polar surface area (TPSA) is 23.6 Å². The first kappa shape index (κ1) is 14.5. The normalized spacial score (nSPS) is 18.4. The molecule has 0 radical (unpaired) electrons. The first-order valence-electron chi connectivity index (χ1n) is 7.20. The minimum absolute atomic E-state index is 0.285. The molecule has 19 heavy (non-hydrogen) atoms. The molecule has 2 heterocycles. The average molecular weight is 280 g/mol. The minimum atomic E-state index is 0.285. The van der Waals surface area contributed by atoms with Crippen molar-refractivity contribution in [3.8, 4) is 0 Å². The lowest BCUT2D eigenvalue weighted by atomic mass is 10.2. The molecule has 0 spiro atoms. The predicted octanol–water partition coefficient (Wildman–Crippen LogP) is 3.14. The quantitative estimate of drug-likeness (QED) is 0.846. The van der Waals surface area contributed by atoms with E-state index in [4.69, 9.17) is 0 Å². The van der Waals surface area contributed by atoms with E-state index in [1.807, 2.05) is 11.9 Å². The maximum absolute atomic E-state index is 12.3. The largest absolute Gasteiger partial charge is 0.342 e. The van der Waals surface area contributed by atoms with Crippen LogP contribution in [-0.2, 0) is 4.79 Å². The van der Waals surface area contributed by atoms with Gasteiger partial charge in [0.15, 0.2) is 0 Å². The Kier molecular flexibility index (Phi) is 5.40. The highest BCUT2D eigenvalue weighted by atomic mass is 32.1.